The van der Waals surface area contributed by atoms with E-state index in [0.717, 1.165) is 0 Å². The smallest absolute Gasteiger partial charge is 0.0640 e. The first-order chi connectivity index (χ1) is 5.29. The van der Waals surface area contributed by atoms with Gasteiger partial charge in [-0.2, -0.15) is 0 Å². The van der Waals surface area contributed by atoms with Crippen molar-refractivity contribution < 1.29 is 0 Å². The Balaban J connectivity index is 2.95. The second-order valence-electron chi connectivity index (χ2n) is 2.64. The lowest BCUT2D eigenvalue weighted by molar-refractivity contribution is 1.39. The Bertz CT molecular complexity index is 353. The molecule has 2 rings (SSSR count). The number of nitrogens with zero attached hydrogens (tertiary/aromatic N) is 1. The molecule has 0 aliphatic rings. The number of aryl methyl sites for hydroxylation is 1. The topological polar surface area (TPSA) is 4.93 Å². The molecule has 1 nitrogen and oxygen atoms in total. The fraction of sp³-hybridized carbons (Fsp3) is 0.111. The number of para-hydroxylation sites is 1. The summed E-state index contributed by atoms with van der Waals surface area (Å²) in [6, 6.07) is 8.43. The van der Waals surface area contributed by atoms with Crippen LogP contribution in [0.2, 0.25) is 0 Å². The van der Waals surface area contributed by atoms with Crippen molar-refractivity contribution in [3.63, 3.8) is 0 Å². The van der Waals surface area contributed by atoms with Gasteiger partial charge in [0, 0.05) is 11.6 Å². The number of fused-ring (bicyclic) bond motifs is 1. The molecule has 0 atom stereocenters. The molecule has 2 aromatic rings. The van der Waals surface area contributed by atoms with Gasteiger partial charge in [-0.25, -0.2) is 0 Å². The average Bonchev–Trinajstić information content (AvgIpc) is 2.30. The van der Waals surface area contributed by atoms with Gasteiger partial charge < -0.3 is 0 Å². The number of rotatable bonds is 0. The quantitative estimate of drug-likeness (QED) is 0.639. The van der Waals surface area contributed by atoms with Crippen molar-refractivity contribution in [1.82, 2.24) is 2.78 Å². The second-order valence-corrected chi connectivity index (χ2v) is 3.68. The van der Waals surface area contributed by atoms with Gasteiger partial charge in [-0.05, 0) is 18.6 Å². The average molecular weight is 257 g/mol. The SMILES string of the molecule is Cc1cn(I)c2ccccc12. The Labute approximate surface area is 79.5 Å². The highest BCUT2D eigenvalue weighted by molar-refractivity contribution is 14.1. The molecule has 0 saturated carbocycles. The molecule has 1 aromatic heterocycles. The van der Waals surface area contributed by atoms with E-state index in [1.165, 1.54) is 16.5 Å². The minimum Gasteiger partial charge on any atom is -0.289 e. The van der Waals surface area contributed by atoms with Crippen LogP contribution in [0.3, 0.4) is 0 Å². The molecule has 56 valence electrons. The van der Waals surface area contributed by atoms with Gasteiger partial charge in [-0.15, -0.1) is 0 Å². The van der Waals surface area contributed by atoms with Crippen molar-refractivity contribution >= 4 is 33.8 Å². The lowest BCUT2D eigenvalue weighted by atomic mass is 10.2. The highest BCUT2D eigenvalue weighted by atomic mass is 127. The van der Waals surface area contributed by atoms with Crippen LogP contribution in [0.15, 0.2) is 30.5 Å². The molecule has 0 aliphatic heterocycles. The maximum absolute atomic E-state index is 2.30. The summed E-state index contributed by atoms with van der Waals surface area (Å²) in [7, 11) is 0. The number of hydrogen-bond donors (Lipinski definition) is 0. The molecule has 0 spiro atoms. The Kier molecular flexibility index (Phi) is 1.64. The molecule has 0 radical (unpaired) electrons. The third-order valence-electron chi connectivity index (χ3n) is 1.87. The minimum absolute atomic E-state index is 1.30. The summed E-state index contributed by atoms with van der Waals surface area (Å²) in [6.45, 7) is 2.14. The van der Waals surface area contributed by atoms with Gasteiger partial charge in [-0.1, -0.05) is 18.2 Å². The molecule has 0 aliphatic carbocycles. The highest BCUT2D eigenvalue weighted by Crippen LogP contribution is 2.21. The van der Waals surface area contributed by atoms with E-state index in [1.54, 1.807) is 0 Å². The van der Waals surface area contributed by atoms with Crippen LogP contribution in [0.4, 0.5) is 0 Å². The highest BCUT2D eigenvalue weighted by Gasteiger charge is 2.00. The Morgan fingerprint density at radius 3 is 2.73 bits per heavy atom. The van der Waals surface area contributed by atoms with Crippen molar-refractivity contribution in [3.8, 4) is 0 Å². The summed E-state index contributed by atoms with van der Waals surface area (Å²) in [5.74, 6) is 0. The van der Waals surface area contributed by atoms with Crippen molar-refractivity contribution in [2.24, 2.45) is 0 Å². The Morgan fingerprint density at radius 1 is 1.27 bits per heavy atom. The summed E-state index contributed by atoms with van der Waals surface area (Å²) in [5.41, 5.74) is 2.64. The lowest BCUT2D eigenvalue weighted by Gasteiger charge is -1.90. The van der Waals surface area contributed by atoms with Gasteiger partial charge in [-0.3, -0.25) is 2.78 Å². The van der Waals surface area contributed by atoms with E-state index < -0.39 is 0 Å². The summed E-state index contributed by atoms with van der Waals surface area (Å²) in [4.78, 5) is 0. The maximum Gasteiger partial charge on any atom is 0.0640 e. The summed E-state index contributed by atoms with van der Waals surface area (Å²) < 4.78 is 2.13. The van der Waals surface area contributed by atoms with Crippen LogP contribution in [0.1, 0.15) is 5.56 Å². The van der Waals surface area contributed by atoms with Gasteiger partial charge in [0.15, 0.2) is 0 Å². The normalized spacial score (nSPS) is 10.7. The predicted octanol–water partition coefficient (Wildman–Crippen LogP) is 3.15. The maximum atomic E-state index is 2.30. The standard InChI is InChI=1S/C9H8IN/c1-7-6-11(10)9-5-3-2-4-8(7)9/h2-6H,1H3. The van der Waals surface area contributed by atoms with E-state index in [9.17, 15) is 0 Å². The van der Waals surface area contributed by atoms with E-state index in [2.05, 4.69) is 63.0 Å². The van der Waals surface area contributed by atoms with Gasteiger partial charge in [0.1, 0.15) is 0 Å². The molecule has 0 unspecified atom stereocenters. The summed E-state index contributed by atoms with van der Waals surface area (Å²) in [6.07, 6.45) is 2.14. The second kappa shape index (κ2) is 2.52. The fourth-order valence-electron chi connectivity index (χ4n) is 1.30. The molecule has 0 saturated heterocycles. The Morgan fingerprint density at radius 2 is 2.00 bits per heavy atom. The van der Waals surface area contributed by atoms with Crippen LogP contribution in [-0.4, -0.2) is 2.78 Å². The fourth-order valence-corrected chi connectivity index (χ4v) is 2.14. The van der Waals surface area contributed by atoms with Crippen LogP contribution in [0.25, 0.3) is 10.9 Å². The van der Waals surface area contributed by atoms with Crippen LogP contribution < -0.4 is 0 Å². The number of aromatic nitrogens is 1. The molecule has 11 heavy (non-hydrogen) atoms. The van der Waals surface area contributed by atoms with Crippen molar-refractivity contribution in [3.05, 3.63) is 36.0 Å². The van der Waals surface area contributed by atoms with E-state index in [0.29, 0.717) is 0 Å². The molecule has 1 aromatic carbocycles. The molecule has 0 N–H and O–H groups in total. The molecular weight excluding hydrogens is 249 g/mol. The lowest BCUT2D eigenvalue weighted by Crippen LogP contribution is -1.71. The molecule has 2 heteroatoms. The molecule has 0 amide bonds. The zero-order valence-corrected chi connectivity index (χ0v) is 8.37. The number of benzene rings is 1. The first-order valence-electron chi connectivity index (χ1n) is 3.52. The van der Waals surface area contributed by atoms with Crippen LogP contribution >= 0.6 is 22.9 Å². The van der Waals surface area contributed by atoms with Crippen LogP contribution in [-0.2, 0) is 0 Å². The number of hydrogen-bond acceptors (Lipinski definition) is 0. The minimum atomic E-state index is 1.30. The van der Waals surface area contributed by atoms with Gasteiger partial charge in [0.25, 0.3) is 0 Å². The number of halogens is 1. The molecule has 0 fully saturated rings. The Hall–Kier alpha value is -0.510. The molecule has 0 bridgehead atoms. The first-order valence-corrected chi connectivity index (χ1v) is 4.48. The first kappa shape index (κ1) is 7.16. The third-order valence-corrected chi connectivity index (χ3v) is 2.66. The van der Waals surface area contributed by atoms with Crippen LogP contribution in [0, 0.1) is 6.92 Å². The van der Waals surface area contributed by atoms with Crippen molar-refractivity contribution in [2.75, 3.05) is 0 Å². The largest absolute Gasteiger partial charge is 0.289 e. The molecule has 1 heterocycles. The van der Waals surface area contributed by atoms with E-state index in [1.807, 2.05) is 0 Å². The van der Waals surface area contributed by atoms with Gasteiger partial charge in [0.05, 0.1) is 28.4 Å². The zero-order chi connectivity index (χ0) is 7.84. The van der Waals surface area contributed by atoms with Crippen molar-refractivity contribution in [1.29, 1.82) is 0 Å². The van der Waals surface area contributed by atoms with Gasteiger partial charge >= 0.3 is 0 Å². The van der Waals surface area contributed by atoms with Gasteiger partial charge in [0.2, 0.25) is 0 Å². The molecular formula is C9H8IN. The van der Waals surface area contributed by atoms with E-state index >= 15 is 0 Å². The zero-order valence-electron chi connectivity index (χ0n) is 6.21. The summed E-state index contributed by atoms with van der Waals surface area (Å²) >= 11 is 2.30. The predicted molar refractivity (Wildman–Crippen MR) is 56.1 cm³/mol. The third kappa shape index (κ3) is 1.05. The van der Waals surface area contributed by atoms with Crippen LogP contribution in [0.5, 0.6) is 0 Å². The monoisotopic (exact) mass is 257 g/mol. The summed E-state index contributed by atoms with van der Waals surface area (Å²) in [5, 5.41) is 1.35. The van der Waals surface area contributed by atoms with Crippen molar-refractivity contribution in [2.45, 2.75) is 6.92 Å². The van der Waals surface area contributed by atoms with E-state index in [-0.39, 0.29) is 0 Å². The van der Waals surface area contributed by atoms with E-state index in [4.69, 9.17) is 0 Å².